The largest absolute Gasteiger partial charge is 0.384 e. The number of nitrogens with zero attached hydrogens (tertiary/aromatic N) is 1. The predicted octanol–water partition coefficient (Wildman–Crippen LogP) is -0.410. The molecule has 0 saturated heterocycles. The van der Waals surface area contributed by atoms with Crippen LogP contribution in [0, 0.1) is 11.8 Å². The molecule has 0 spiro atoms. The number of amides is 1. The first-order chi connectivity index (χ1) is 9.50. The number of pyridine rings is 1. The zero-order valence-corrected chi connectivity index (χ0v) is 11.9. The molecule has 0 bridgehead atoms. The van der Waals surface area contributed by atoms with E-state index >= 15 is 0 Å². The third-order valence-corrected chi connectivity index (χ3v) is 4.21. The van der Waals surface area contributed by atoms with Gasteiger partial charge in [-0.25, -0.2) is 8.42 Å². The second-order valence-electron chi connectivity index (χ2n) is 3.87. The standard InChI is InChI=1S/C13H16N2O4S/c1-2-20(18,19)9-7-15-13(17)12-5-6-14-10-11(12)4-3-8-16/h5-6,10,16H,2,7-9H2,1H3,(H,15,17). The van der Waals surface area contributed by atoms with Crippen molar-refractivity contribution in [1.29, 1.82) is 0 Å². The minimum atomic E-state index is -3.11. The van der Waals surface area contributed by atoms with Gasteiger partial charge in [0.1, 0.15) is 6.61 Å². The van der Waals surface area contributed by atoms with Gasteiger partial charge >= 0.3 is 0 Å². The number of sulfone groups is 1. The van der Waals surface area contributed by atoms with Crippen LogP contribution in [0.25, 0.3) is 0 Å². The average Bonchev–Trinajstić information content (AvgIpc) is 2.45. The first-order valence-corrected chi connectivity index (χ1v) is 7.84. The summed E-state index contributed by atoms with van der Waals surface area (Å²) in [7, 11) is -3.11. The number of aliphatic hydroxyl groups excluding tert-OH is 1. The highest BCUT2D eigenvalue weighted by atomic mass is 32.2. The van der Waals surface area contributed by atoms with E-state index in [-0.39, 0.29) is 24.7 Å². The molecule has 20 heavy (non-hydrogen) atoms. The van der Waals surface area contributed by atoms with Crippen molar-refractivity contribution in [3.05, 3.63) is 29.6 Å². The molecule has 1 aromatic heterocycles. The molecule has 0 fully saturated rings. The van der Waals surface area contributed by atoms with Gasteiger partial charge in [-0.05, 0) is 6.07 Å². The minimum Gasteiger partial charge on any atom is -0.384 e. The van der Waals surface area contributed by atoms with Crippen LogP contribution in [0.4, 0.5) is 0 Å². The number of aliphatic hydroxyl groups is 1. The second-order valence-corrected chi connectivity index (χ2v) is 6.35. The van der Waals surface area contributed by atoms with Crippen LogP contribution in [0.15, 0.2) is 18.5 Å². The summed E-state index contributed by atoms with van der Waals surface area (Å²) < 4.78 is 22.6. The Bertz CT molecular complexity index is 629. The van der Waals surface area contributed by atoms with Crippen molar-refractivity contribution >= 4 is 15.7 Å². The highest BCUT2D eigenvalue weighted by molar-refractivity contribution is 7.91. The molecule has 7 heteroatoms. The molecular formula is C13H16N2O4S. The summed E-state index contributed by atoms with van der Waals surface area (Å²) in [6, 6.07) is 1.49. The number of carbonyl (C=O) groups is 1. The van der Waals surface area contributed by atoms with Crippen molar-refractivity contribution in [3.8, 4) is 11.8 Å². The van der Waals surface area contributed by atoms with Crippen molar-refractivity contribution < 1.29 is 18.3 Å². The average molecular weight is 296 g/mol. The van der Waals surface area contributed by atoms with Crippen LogP contribution in [0.2, 0.25) is 0 Å². The number of rotatable bonds is 5. The van der Waals surface area contributed by atoms with Gasteiger partial charge in [0.2, 0.25) is 0 Å². The zero-order valence-electron chi connectivity index (χ0n) is 11.1. The fourth-order valence-corrected chi connectivity index (χ4v) is 2.09. The van der Waals surface area contributed by atoms with Gasteiger partial charge in [0.25, 0.3) is 5.91 Å². The van der Waals surface area contributed by atoms with Crippen molar-refractivity contribution in [2.45, 2.75) is 6.92 Å². The van der Waals surface area contributed by atoms with Gasteiger partial charge in [0.15, 0.2) is 9.84 Å². The molecule has 0 atom stereocenters. The number of hydrogen-bond acceptors (Lipinski definition) is 5. The number of aromatic nitrogens is 1. The first-order valence-electron chi connectivity index (χ1n) is 6.02. The van der Waals surface area contributed by atoms with Gasteiger partial charge < -0.3 is 10.4 Å². The predicted molar refractivity (Wildman–Crippen MR) is 74.9 cm³/mol. The van der Waals surface area contributed by atoms with Gasteiger partial charge in [-0.3, -0.25) is 9.78 Å². The Morgan fingerprint density at radius 3 is 2.90 bits per heavy atom. The van der Waals surface area contributed by atoms with Crippen LogP contribution < -0.4 is 5.32 Å². The molecule has 1 amide bonds. The van der Waals surface area contributed by atoms with Crippen molar-refractivity contribution in [2.24, 2.45) is 0 Å². The third kappa shape index (κ3) is 4.99. The smallest absolute Gasteiger partial charge is 0.252 e. The van der Waals surface area contributed by atoms with Gasteiger partial charge in [-0.15, -0.1) is 0 Å². The molecule has 0 radical (unpaired) electrons. The summed E-state index contributed by atoms with van der Waals surface area (Å²) in [5.74, 6) is 4.59. The summed E-state index contributed by atoms with van der Waals surface area (Å²) >= 11 is 0. The van der Waals surface area contributed by atoms with E-state index in [1.165, 1.54) is 18.5 Å². The van der Waals surface area contributed by atoms with Crippen LogP contribution >= 0.6 is 0 Å². The Kier molecular flexibility index (Phi) is 6.15. The molecular weight excluding hydrogens is 280 g/mol. The Balaban J connectivity index is 2.73. The highest BCUT2D eigenvalue weighted by Crippen LogP contribution is 2.05. The lowest BCUT2D eigenvalue weighted by molar-refractivity contribution is 0.0956. The van der Waals surface area contributed by atoms with E-state index in [0.29, 0.717) is 11.1 Å². The van der Waals surface area contributed by atoms with E-state index in [1.54, 1.807) is 6.92 Å². The Hall–Kier alpha value is -1.91. The molecule has 0 saturated carbocycles. The van der Waals surface area contributed by atoms with E-state index in [1.807, 2.05) is 0 Å². The molecule has 108 valence electrons. The molecule has 6 nitrogen and oxygen atoms in total. The summed E-state index contributed by atoms with van der Waals surface area (Å²) in [6.45, 7) is 1.29. The first kappa shape index (κ1) is 16.1. The van der Waals surface area contributed by atoms with Crippen LogP contribution in [0.5, 0.6) is 0 Å². The topological polar surface area (TPSA) is 96.4 Å². The molecule has 1 rings (SSSR count). The van der Waals surface area contributed by atoms with E-state index in [0.717, 1.165) is 0 Å². The van der Waals surface area contributed by atoms with E-state index in [9.17, 15) is 13.2 Å². The molecule has 1 heterocycles. The fraction of sp³-hybridized carbons (Fsp3) is 0.385. The Labute approximate surface area is 118 Å². The van der Waals surface area contributed by atoms with E-state index in [2.05, 4.69) is 22.1 Å². The van der Waals surface area contributed by atoms with Gasteiger partial charge in [0, 0.05) is 24.7 Å². The third-order valence-electron chi connectivity index (χ3n) is 2.51. The second kappa shape index (κ2) is 7.62. The Morgan fingerprint density at radius 2 is 2.25 bits per heavy atom. The summed E-state index contributed by atoms with van der Waals surface area (Å²) in [5, 5.41) is 11.2. The van der Waals surface area contributed by atoms with Crippen molar-refractivity contribution in [1.82, 2.24) is 10.3 Å². The van der Waals surface area contributed by atoms with Crippen LogP contribution in [-0.4, -0.2) is 49.1 Å². The lowest BCUT2D eigenvalue weighted by Crippen LogP contribution is -2.30. The molecule has 0 unspecified atom stereocenters. The highest BCUT2D eigenvalue weighted by Gasteiger charge is 2.12. The molecule has 1 aromatic rings. The SMILES string of the molecule is CCS(=O)(=O)CCNC(=O)c1ccncc1C#CCO. The van der Waals surface area contributed by atoms with Crippen molar-refractivity contribution in [3.63, 3.8) is 0 Å². The monoisotopic (exact) mass is 296 g/mol. The molecule has 0 aliphatic rings. The molecule has 2 N–H and O–H groups in total. The molecule has 0 aromatic carbocycles. The van der Waals surface area contributed by atoms with Crippen LogP contribution in [-0.2, 0) is 9.84 Å². The van der Waals surface area contributed by atoms with Crippen LogP contribution in [0.3, 0.4) is 0 Å². The quantitative estimate of drug-likeness (QED) is 0.720. The number of hydrogen-bond donors (Lipinski definition) is 2. The normalized spacial score (nSPS) is 10.5. The van der Waals surface area contributed by atoms with Crippen molar-refractivity contribution in [2.75, 3.05) is 24.7 Å². The summed E-state index contributed by atoms with van der Waals surface area (Å²) in [4.78, 5) is 15.8. The maximum Gasteiger partial charge on any atom is 0.252 e. The maximum atomic E-state index is 11.9. The lowest BCUT2D eigenvalue weighted by Gasteiger charge is -2.06. The van der Waals surface area contributed by atoms with E-state index in [4.69, 9.17) is 5.11 Å². The fourth-order valence-electron chi connectivity index (χ4n) is 1.39. The maximum absolute atomic E-state index is 11.9. The van der Waals surface area contributed by atoms with Gasteiger partial charge in [-0.1, -0.05) is 18.8 Å². The van der Waals surface area contributed by atoms with Gasteiger partial charge in [-0.2, -0.15) is 0 Å². The minimum absolute atomic E-state index is 0.0458. The summed E-state index contributed by atoms with van der Waals surface area (Å²) in [5.41, 5.74) is 0.687. The number of carbonyl (C=O) groups excluding carboxylic acids is 1. The summed E-state index contributed by atoms with van der Waals surface area (Å²) in [6.07, 6.45) is 2.86. The van der Waals surface area contributed by atoms with E-state index < -0.39 is 15.7 Å². The zero-order chi connectivity index (χ0) is 15.0. The lowest BCUT2D eigenvalue weighted by atomic mass is 10.1. The Morgan fingerprint density at radius 1 is 1.50 bits per heavy atom. The molecule has 0 aliphatic carbocycles. The van der Waals surface area contributed by atoms with Gasteiger partial charge in [0.05, 0.1) is 16.9 Å². The van der Waals surface area contributed by atoms with Crippen LogP contribution in [0.1, 0.15) is 22.8 Å². The number of nitrogens with one attached hydrogen (secondary N) is 1. The molecule has 0 aliphatic heterocycles.